The van der Waals surface area contributed by atoms with Gasteiger partial charge in [0.1, 0.15) is 12.1 Å². The van der Waals surface area contributed by atoms with Crippen molar-refractivity contribution in [1.29, 1.82) is 0 Å². The Balaban J connectivity index is 2.36. The molecule has 2 rings (SSSR count). The number of aliphatic hydroxyl groups is 2. The van der Waals surface area contributed by atoms with Gasteiger partial charge in [-0.3, -0.25) is 0 Å². The van der Waals surface area contributed by atoms with E-state index in [4.69, 9.17) is 15.3 Å². The van der Waals surface area contributed by atoms with Crippen molar-refractivity contribution in [2.45, 2.75) is 39.5 Å². The van der Waals surface area contributed by atoms with Crippen LogP contribution in [0, 0.1) is 5.92 Å². The Morgan fingerprint density at radius 1 is 1.35 bits per heavy atom. The second kappa shape index (κ2) is 8.21. The summed E-state index contributed by atoms with van der Waals surface area (Å²) in [7, 11) is 0. The minimum atomic E-state index is -1.09. The van der Waals surface area contributed by atoms with Crippen LogP contribution >= 0.6 is 0 Å². The van der Waals surface area contributed by atoms with Crippen LogP contribution in [0.2, 0.25) is 0 Å². The smallest absolute Gasteiger partial charge is 0.146 e. The molecule has 1 atom stereocenters. The van der Waals surface area contributed by atoms with Gasteiger partial charge in [-0.25, -0.2) is 4.98 Å². The third-order valence-electron chi connectivity index (χ3n) is 3.59. The average molecular weight is 319 g/mol. The van der Waals surface area contributed by atoms with Crippen molar-refractivity contribution in [2.24, 2.45) is 5.92 Å². The van der Waals surface area contributed by atoms with Crippen molar-refractivity contribution >= 4 is 17.1 Å². The first-order valence-corrected chi connectivity index (χ1v) is 7.91. The number of fused-ring (bicyclic) bond motifs is 1. The van der Waals surface area contributed by atoms with E-state index < -0.39 is 6.23 Å². The lowest BCUT2D eigenvalue weighted by atomic mass is 10.1. The van der Waals surface area contributed by atoms with E-state index in [9.17, 15) is 5.11 Å². The maximum Gasteiger partial charge on any atom is 0.146 e. The van der Waals surface area contributed by atoms with Gasteiger partial charge in [-0.1, -0.05) is 26.0 Å². The Bertz CT molecular complexity index is 664. The maximum atomic E-state index is 9.29. The lowest BCUT2D eigenvalue weighted by Gasteiger charge is -2.10. The van der Waals surface area contributed by atoms with Crippen LogP contribution in [0.5, 0.6) is 0 Å². The highest BCUT2D eigenvalue weighted by molar-refractivity contribution is 5.79. The summed E-state index contributed by atoms with van der Waals surface area (Å²) in [6, 6.07) is 5.90. The molecule has 0 aliphatic carbocycles. The first-order valence-electron chi connectivity index (χ1n) is 7.91. The van der Waals surface area contributed by atoms with E-state index in [2.05, 4.69) is 18.4 Å². The van der Waals surface area contributed by atoms with E-state index in [-0.39, 0.29) is 6.61 Å². The van der Waals surface area contributed by atoms with Crippen molar-refractivity contribution in [2.75, 3.05) is 6.61 Å². The van der Waals surface area contributed by atoms with Crippen molar-refractivity contribution in [3.63, 3.8) is 0 Å². The molecule has 6 heteroatoms. The van der Waals surface area contributed by atoms with Gasteiger partial charge in [-0.05, 0) is 36.1 Å². The SMILES string of the molecule is CC(C)Cc1nc2cc(/C=C/C(O)NO)ccc2n1CCCO. The van der Waals surface area contributed by atoms with E-state index in [1.165, 1.54) is 6.08 Å². The average Bonchev–Trinajstić information content (AvgIpc) is 2.86. The summed E-state index contributed by atoms with van der Waals surface area (Å²) in [4.78, 5) is 4.73. The lowest BCUT2D eigenvalue weighted by molar-refractivity contribution is 0.0323. The van der Waals surface area contributed by atoms with Crippen molar-refractivity contribution in [3.8, 4) is 0 Å². The molecule has 23 heavy (non-hydrogen) atoms. The third kappa shape index (κ3) is 4.62. The second-order valence-corrected chi connectivity index (χ2v) is 6.04. The summed E-state index contributed by atoms with van der Waals surface area (Å²) in [5.41, 5.74) is 4.60. The van der Waals surface area contributed by atoms with Crippen molar-refractivity contribution in [3.05, 3.63) is 35.7 Å². The number of hydrogen-bond acceptors (Lipinski definition) is 5. The van der Waals surface area contributed by atoms with Crippen LogP contribution < -0.4 is 5.48 Å². The molecule has 0 aliphatic rings. The van der Waals surface area contributed by atoms with Crippen LogP contribution in [-0.4, -0.2) is 37.8 Å². The van der Waals surface area contributed by atoms with E-state index in [0.29, 0.717) is 12.3 Å². The van der Waals surface area contributed by atoms with Crippen LogP contribution in [0.25, 0.3) is 17.1 Å². The van der Waals surface area contributed by atoms with Gasteiger partial charge in [0.2, 0.25) is 0 Å². The Labute approximate surface area is 136 Å². The number of nitrogens with one attached hydrogen (secondary N) is 1. The molecule has 0 spiro atoms. The third-order valence-corrected chi connectivity index (χ3v) is 3.59. The summed E-state index contributed by atoms with van der Waals surface area (Å²) in [6.07, 6.45) is 3.68. The van der Waals surface area contributed by atoms with Gasteiger partial charge >= 0.3 is 0 Å². The molecule has 0 saturated heterocycles. The van der Waals surface area contributed by atoms with Crippen molar-refractivity contribution in [1.82, 2.24) is 15.0 Å². The highest BCUT2D eigenvalue weighted by atomic mass is 16.5. The monoisotopic (exact) mass is 319 g/mol. The molecule has 1 unspecified atom stereocenters. The van der Waals surface area contributed by atoms with E-state index >= 15 is 0 Å². The number of hydrogen-bond donors (Lipinski definition) is 4. The Morgan fingerprint density at radius 3 is 2.78 bits per heavy atom. The fraction of sp³-hybridized carbons (Fsp3) is 0.471. The van der Waals surface area contributed by atoms with Gasteiger partial charge in [-0.15, -0.1) is 0 Å². The number of rotatable bonds is 8. The number of aryl methyl sites for hydroxylation is 1. The van der Waals surface area contributed by atoms with Gasteiger partial charge in [0, 0.05) is 19.6 Å². The normalized spacial score (nSPS) is 13.5. The quantitative estimate of drug-likeness (QED) is 0.441. The first-order chi connectivity index (χ1) is 11.0. The minimum Gasteiger partial charge on any atom is -0.396 e. The van der Waals surface area contributed by atoms with Gasteiger partial charge in [0.05, 0.1) is 11.0 Å². The van der Waals surface area contributed by atoms with Crippen LogP contribution in [0.15, 0.2) is 24.3 Å². The lowest BCUT2D eigenvalue weighted by Crippen LogP contribution is -2.21. The molecule has 0 amide bonds. The molecule has 0 aliphatic heterocycles. The fourth-order valence-corrected chi connectivity index (χ4v) is 2.54. The fourth-order valence-electron chi connectivity index (χ4n) is 2.54. The first kappa shape index (κ1) is 17.6. The molecule has 1 aromatic carbocycles. The largest absolute Gasteiger partial charge is 0.396 e. The highest BCUT2D eigenvalue weighted by Crippen LogP contribution is 2.21. The zero-order valence-electron chi connectivity index (χ0n) is 13.6. The van der Waals surface area contributed by atoms with Crippen LogP contribution in [0.1, 0.15) is 31.7 Å². The summed E-state index contributed by atoms with van der Waals surface area (Å²) >= 11 is 0. The van der Waals surface area contributed by atoms with Crippen LogP contribution in [0.3, 0.4) is 0 Å². The zero-order valence-corrected chi connectivity index (χ0v) is 13.6. The van der Waals surface area contributed by atoms with E-state index in [1.54, 1.807) is 11.6 Å². The number of benzene rings is 1. The van der Waals surface area contributed by atoms with Gasteiger partial charge in [0.25, 0.3) is 0 Å². The molecule has 0 radical (unpaired) electrons. The van der Waals surface area contributed by atoms with E-state index in [1.807, 2.05) is 18.2 Å². The zero-order chi connectivity index (χ0) is 16.8. The molecule has 0 bridgehead atoms. The predicted molar refractivity (Wildman–Crippen MR) is 89.9 cm³/mol. The van der Waals surface area contributed by atoms with Crippen LogP contribution in [0.4, 0.5) is 0 Å². The number of aromatic nitrogens is 2. The molecule has 6 nitrogen and oxygen atoms in total. The summed E-state index contributed by atoms with van der Waals surface area (Å²) in [6.45, 7) is 5.23. The Morgan fingerprint density at radius 2 is 2.13 bits per heavy atom. The number of nitrogens with zero attached hydrogens (tertiary/aromatic N) is 2. The molecule has 126 valence electrons. The molecular weight excluding hydrogens is 294 g/mol. The topological polar surface area (TPSA) is 90.5 Å². The highest BCUT2D eigenvalue weighted by Gasteiger charge is 2.12. The molecule has 2 aromatic rings. The second-order valence-electron chi connectivity index (χ2n) is 6.04. The van der Waals surface area contributed by atoms with Gasteiger partial charge in [0.15, 0.2) is 0 Å². The Hall–Kier alpha value is -1.73. The van der Waals surface area contributed by atoms with E-state index in [0.717, 1.165) is 35.4 Å². The summed E-state index contributed by atoms with van der Waals surface area (Å²) in [5.74, 6) is 1.53. The summed E-state index contributed by atoms with van der Waals surface area (Å²) < 4.78 is 2.17. The van der Waals surface area contributed by atoms with Crippen LogP contribution in [-0.2, 0) is 13.0 Å². The van der Waals surface area contributed by atoms with Gasteiger partial charge in [-0.2, -0.15) is 5.48 Å². The Kier molecular flexibility index (Phi) is 6.29. The molecular formula is C17H25N3O3. The number of aliphatic hydroxyl groups excluding tert-OH is 2. The standard InChI is InChI=1S/C17H25N3O3/c1-12(2)10-16-18-14-11-13(5-7-17(22)19-23)4-6-15(14)20(16)8-3-9-21/h4-7,11-12,17,19,21-23H,3,8-10H2,1-2H3/b7-5+. The van der Waals surface area contributed by atoms with Crippen molar-refractivity contribution < 1.29 is 15.4 Å². The maximum absolute atomic E-state index is 9.29. The van der Waals surface area contributed by atoms with Gasteiger partial charge < -0.3 is 20.0 Å². The number of hydroxylamine groups is 1. The number of imidazole rings is 1. The molecule has 1 aromatic heterocycles. The minimum absolute atomic E-state index is 0.160. The predicted octanol–water partition coefficient (Wildman–Crippen LogP) is 1.93. The molecule has 0 fully saturated rings. The molecule has 1 heterocycles. The molecule has 0 saturated carbocycles. The summed E-state index contributed by atoms with van der Waals surface area (Å²) in [5, 5.41) is 27.0. The molecule has 4 N–H and O–H groups in total.